The van der Waals surface area contributed by atoms with Crippen LogP contribution in [0.4, 0.5) is 30.7 Å². The SMILES string of the molecule is O=C(C[C@@H]1CC1(F)F)NC(c1ccn2cc(C(NC(=O)c3conc3C(F)(F)F)C3CCC(F)(F)CC3)nc2n1)C1CC1. The lowest BCUT2D eigenvalue weighted by Crippen LogP contribution is -2.37. The lowest BCUT2D eigenvalue weighted by Gasteiger charge is -2.33. The lowest BCUT2D eigenvalue weighted by atomic mass is 9.81. The Morgan fingerprint density at radius 1 is 1.00 bits per heavy atom. The van der Waals surface area contributed by atoms with E-state index in [2.05, 4.69) is 30.3 Å². The highest BCUT2D eigenvalue weighted by molar-refractivity contribution is 5.95. The molecule has 3 atom stereocenters. The van der Waals surface area contributed by atoms with Crippen molar-refractivity contribution >= 4 is 17.6 Å². The molecule has 0 bridgehead atoms. The third kappa shape index (κ3) is 6.32. The van der Waals surface area contributed by atoms with E-state index in [1.54, 1.807) is 12.3 Å². The Morgan fingerprint density at radius 2 is 1.63 bits per heavy atom. The van der Waals surface area contributed by atoms with E-state index in [0.29, 0.717) is 12.0 Å². The number of hydrogen-bond acceptors (Lipinski definition) is 6. The molecule has 2 unspecified atom stereocenters. The van der Waals surface area contributed by atoms with Gasteiger partial charge in [-0.2, -0.15) is 13.2 Å². The van der Waals surface area contributed by atoms with Gasteiger partial charge in [0.1, 0.15) is 11.8 Å². The zero-order valence-corrected chi connectivity index (χ0v) is 22.5. The van der Waals surface area contributed by atoms with E-state index in [4.69, 9.17) is 0 Å². The van der Waals surface area contributed by atoms with Crippen molar-refractivity contribution in [1.29, 1.82) is 0 Å². The second-order valence-electron chi connectivity index (χ2n) is 11.7. The molecule has 3 heterocycles. The number of rotatable bonds is 9. The van der Waals surface area contributed by atoms with Crippen LogP contribution in [0.15, 0.2) is 29.2 Å². The summed E-state index contributed by atoms with van der Waals surface area (Å²) in [6.07, 6.45) is -1.25. The van der Waals surface area contributed by atoms with Crippen molar-refractivity contribution in [1.82, 2.24) is 30.2 Å². The Kier molecular flexibility index (Phi) is 7.15. The van der Waals surface area contributed by atoms with Gasteiger partial charge >= 0.3 is 6.18 Å². The first kappa shape index (κ1) is 29.4. The topological polar surface area (TPSA) is 114 Å². The van der Waals surface area contributed by atoms with Crippen molar-refractivity contribution in [3.8, 4) is 0 Å². The smallest absolute Gasteiger partial charge is 0.363 e. The van der Waals surface area contributed by atoms with E-state index >= 15 is 0 Å². The zero-order valence-electron chi connectivity index (χ0n) is 22.5. The largest absolute Gasteiger partial charge is 0.437 e. The monoisotopic (exact) mass is 616 g/mol. The standard InChI is InChI=1S/C27H27F7N6O3/c28-25(29)6-3-14(4-7-25)21(38-23(42)16-12-43-39-22(16)27(32,33)34)18-11-40-8-5-17(35-24(40)36-18)20(13-1-2-13)37-19(41)9-15-10-26(15,30)31/h5,8,11-15,20-21H,1-4,6-7,9-10H2,(H,37,41)(H,38,42)/t15-,20?,21?/m1/s1. The predicted molar refractivity (Wildman–Crippen MR) is 133 cm³/mol. The fraction of sp³-hybridized carbons (Fsp3) is 0.593. The van der Waals surface area contributed by atoms with Gasteiger partial charge in [0.2, 0.25) is 17.6 Å². The first-order valence-corrected chi connectivity index (χ1v) is 13.9. The van der Waals surface area contributed by atoms with Gasteiger partial charge in [-0.05, 0) is 43.6 Å². The predicted octanol–water partition coefficient (Wildman–Crippen LogP) is 5.65. The first-order chi connectivity index (χ1) is 20.2. The average Bonchev–Trinajstić information content (AvgIpc) is 3.71. The van der Waals surface area contributed by atoms with Gasteiger partial charge in [0.25, 0.3) is 11.8 Å². The molecule has 0 saturated heterocycles. The lowest BCUT2D eigenvalue weighted by molar-refractivity contribution is -0.143. The highest BCUT2D eigenvalue weighted by Gasteiger charge is 2.57. The van der Waals surface area contributed by atoms with E-state index in [-0.39, 0.29) is 43.1 Å². The summed E-state index contributed by atoms with van der Waals surface area (Å²) in [6, 6.07) is 0.0638. The number of fused-ring (bicyclic) bond motifs is 1. The molecule has 6 rings (SSSR count). The van der Waals surface area contributed by atoms with Crippen LogP contribution in [0.25, 0.3) is 5.78 Å². The Bertz CT molecular complexity index is 1520. The number of imidazole rings is 1. The number of amides is 2. The van der Waals surface area contributed by atoms with E-state index in [1.165, 1.54) is 10.6 Å². The molecule has 16 heteroatoms. The fourth-order valence-electron chi connectivity index (χ4n) is 5.69. The minimum absolute atomic E-state index is 0.0178. The second kappa shape index (κ2) is 10.5. The first-order valence-electron chi connectivity index (χ1n) is 13.9. The molecule has 0 spiro atoms. The molecule has 2 amide bonds. The number of hydrogen-bond donors (Lipinski definition) is 2. The Morgan fingerprint density at radius 3 is 2.26 bits per heavy atom. The Balaban J connectivity index is 1.26. The summed E-state index contributed by atoms with van der Waals surface area (Å²) < 4.78 is 100. The summed E-state index contributed by atoms with van der Waals surface area (Å²) in [7, 11) is 0. The second-order valence-corrected chi connectivity index (χ2v) is 11.7. The minimum Gasteiger partial charge on any atom is -0.363 e. The number of nitrogens with zero attached hydrogens (tertiary/aromatic N) is 4. The van der Waals surface area contributed by atoms with Crippen molar-refractivity contribution in [3.63, 3.8) is 0 Å². The van der Waals surface area contributed by atoms with Crippen LogP contribution in [0, 0.1) is 17.8 Å². The molecular weight excluding hydrogens is 589 g/mol. The summed E-state index contributed by atoms with van der Waals surface area (Å²) in [6.45, 7) is 0. The summed E-state index contributed by atoms with van der Waals surface area (Å²) >= 11 is 0. The van der Waals surface area contributed by atoms with Crippen LogP contribution in [0.3, 0.4) is 0 Å². The van der Waals surface area contributed by atoms with Crippen LogP contribution in [0.5, 0.6) is 0 Å². The molecule has 2 N–H and O–H groups in total. The van der Waals surface area contributed by atoms with Crippen molar-refractivity contribution in [2.45, 2.75) is 81.5 Å². The molecule has 3 aliphatic carbocycles. The quantitative estimate of drug-likeness (QED) is 0.301. The number of nitrogens with one attached hydrogen (secondary N) is 2. The average molecular weight is 617 g/mol. The molecule has 0 aromatic carbocycles. The van der Waals surface area contributed by atoms with E-state index in [0.717, 1.165) is 12.8 Å². The Labute approximate surface area is 239 Å². The highest BCUT2D eigenvalue weighted by atomic mass is 19.4. The van der Waals surface area contributed by atoms with Gasteiger partial charge in [0, 0.05) is 44.0 Å². The molecule has 0 aliphatic heterocycles. The van der Waals surface area contributed by atoms with Crippen LogP contribution >= 0.6 is 0 Å². The van der Waals surface area contributed by atoms with Gasteiger partial charge in [-0.25, -0.2) is 27.5 Å². The molecule has 0 radical (unpaired) electrons. The van der Waals surface area contributed by atoms with Crippen LogP contribution in [0.1, 0.15) is 90.9 Å². The van der Waals surface area contributed by atoms with E-state index in [1.807, 2.05) is 0 Å². The van der Waals surface area contributed by atoms with Gasteiger partial charge in [0.15, 0.2) is 5.69 Å². The van der Waals surface area contributed by atoms with Crippen LogP contribution in [0.2, 0.25) is 0 Å². The molecule has 3 fully saturated rings. The highest BCUT2D eigenvalue weighted by Crippen LogP contribution is 2.51. The van der Waals surface area contributed by atoms with Crippen molar-refractivity contribution in [2.24, 2.45) is 17.8 Å². The number of alkyl halides is 7. The van der Waals surface area contributed by atoms with Crippen molar-refractivity contribution in [2.75, 3.05) is 0 Å². The van der Waals surface area contributed by atoms with Crippen LogP contribution in [-0.2, 0) is 11.0 Å². The number of carbonyl (C=O) groups is 2. The fourth-order valence-corrected chi connectivity index (χ4v) is 5.69. The molecule has 232 valence electrons. The van der Waals surface area contributed by atoms with Gasteiger partial charge in [0.05, 0.1) is 23.5 Å². The van der Waals surface area contributed by atoms with Gasteiger partial charge in [-0.15, -0.1) is 0 Å². The maximum absolute atomic E-state index is 13.9. The van der Waals surface area contributed by atoms with Crippen molar-refractivity contribution < 1.29 is 44.8 Å². The molecule has 3 aliphatic rings. The molecule has 43 heavy (non-hydrogen) atoms. The summed E-state index contributed by atoms with van der Waals surface area (Å²) in [4.78, 5) is 34.5. The van der Waals surface area contributed by atoms with E-state index < -0.39 is 77.9 Å². The summed E-state index contributed by atoms with van der Waals surface area (Å²) in [5, 5.41) is 8.22. The third-order valence-electron chi connectivity index (χ3n) is 8.40. The molecule has 3 aromatic rings. The van der Waals surface area contributed by atoms with Crippen LogP contribution in [-0.4, -0.2) is 43.2 Å². The van der Waals surface area contributed by atoms with Gasteiger partial charge in [-0.3, -0.25) is 14.0 Å². The minimum atomic E-state index is -4.96. The van der Waals surface area contributed by atoms with Crippen LogP contribution < -0.4 is 10.6 Å². The molecular formula is C27H27F7N6O3. The maximum atomic E-state index is 13.9. The number of halogens is 7. The Hall–Kier alpha value is -3.72. The number of aromatic nitrogens is 4. The van der Waals surface area contributed by atoms with Crippen molar-refractivity contribution in [3.05, 3.63) is 47.4 Å². The molecule has 9 nitrogen and oxygen atoms in total. The molecule has 3 aromatic heterocycles. The summed E-state index contributed by atoms with van der Waals surface area (Å²) in [5.41, 5.74) is -1.73. The zero-order chi connectivity index (χ0) is 30.7. The molecule has 3 saturated carbocycles. The van der Waals surface area contributed by atoms with Gasteiger partial charge < -0.3 is 15.2 Å². The third-order valence-corrected chi connectivity index (χ3v) is 8.40. The van der Waals surface area contributed by atoms with E-state index in [9.17, 15) is 40.3 Å². The maximum Gasteiger partial charge on any atom is 0.437 e. The summed E-state index contributed by atoms with van der Waals surface area (Å²) in [5.74, 6) is -8.71. The normalized spacial score (nSPS) is 23.1. The number of carbonyl (C=O) groups excluding carboxylic acids is 2. The van der Waals surface area contributed by atoms with Gasteiger partial charge in [-0.1, -0.05) is 5.16 Å².